The zero-order valence-electron chi connectivity index (χ0n) is 15.7. The molecule has 1 saturated heterocycles. The predicted octanol–water partition coefficient (Wildman–Crippen LogP) is 2.43. The number of aromatic hydroxyl groups is 1. The molecule has 2 aliphatic heterocycles. The first kappa shape index (κ1) is 19.4. The molecule has 28 heavy (non-hydrogen) atoms. The number of imidazole rings is 1. The lowest BCUT2D eigenvalue weighted by atomic mass is 9.75. The summed E-state index contributed by atoms with van der Waals surface area (Å²) in [4.78, 5) is 29.4. The van der Waals surface area contributed by atoms with Crippen molar-refractivity contribution in [2.45, 2.75) is 49.8 Å². The molecule has 4 rings (SSSR count). The molecular weight excluding hydrogens is 398 g/mol. The predicted molar refractivity (Wildman–Crippen MR) is 109 cm³/mol. The van der Waals surface area contributed by atoms with Crippen LogP contribution in [0.25, 0.3) is 0 Å². The Bertz CT molecular complexity index is 926. The minimum atomic E-state index is -0.656. The van der Waals surface area contributed by atoms with Gasteiger partial charge in [-0.2, -0.15) is 11.8 Å². The van der Waals surface area contributed by atoms with Gasteiger partial charge in [-0.05, 0) is 31.3 Å². The van der Waals surface area contributed by atoms with Crippen molar-refractivity contribution < 1.29 is 14.3 Å². The summed E-state index contributed by atoms with van der Waals surface area (Å²) in [6.45, 7) is 3.01. The molecule has 150 valence electrons. The Balaban J connectivity index is 1.51. The van der Waals surface area contributed by atoms with E-state index in [2.05, 4.69) is 14.9 Å². The van der Waals surface area contributed by atoms with Crippen LogP contribution < -0.4 is 10.7 Å². The molecule has 2 aliphatic rings. The highest BCUT2D eigenvalue weighted by atomic mass is 32.2. The van der Waals surface area contributed by atoms with Gasteiger partial charge < -0.3 is 19.4 Å². The molecular formula is C19H23N3O4S2. The van der Waals surface area contributed by atoms with Crippen LogP contribution in [0, 0.1) is 6.92 Å². The molecule has 2 N–H and O–H groups in total. The monoisotopic (exact) mass is 421 g/mol. The fourth-order valence-electron chi connectivity index (χ4n) is 3.82. The topological polar surface area (TPSA) is 97.4 Å². The van der Waals surface area contributed by atoms with Gasteiger partial charge in [-0.3, -0.25) is 9.59 Å². The lowest BCUT2D eigenvalue weighted by Gasteiger charge is -2.35. The molecule has 4 heterocycles. The first-order valence-corrected chi connectivity index (χ1v) is 11.5. The van der Waals surface area contributed by atoms with Crippen molar-refractivity contribution in [3.63, 3.8) is 0 Å². The van der Waals surface area contributed by atoms with Crippen LogP contribution in [-0.2, 0) is 23.3 Å². The number of nitrogens with zero attached hydrogens (tertiary/aromatic N) is 2. The number of carbonyl (C=O) groups is 1. The van der Waals surface area contributed by atoms with E-state index in [0.29, 0.717) is 25.1 Å². The van der Waals surface area contributed by atoms with Crippen molar-refractivity contribution in [1.29, 1.82) is 0 Å². The van der Waals surface area contributed by atoms with Crippen molar-refractivity contribution >= 4 is 29.4 Å². The molecule has 0 aliphatic carbocycles. The Hall–Kier alpha value is -1.87. The van der Waals surface area contributed by atoms with Crippen LogP contribution in [0.4, 0.5) is 0 Å². The quantitative estimate of drug-likeness (QED) is 0.765. The van der Waals surface area contributed by atoms with E-state index in [1.54, 1.807) is 18.7 Å². The summed E-state index contributed by atoms with van der Waals surface area (Å²) in [6, 6.07) is 1.28. The number of carbonyl (C=O) groups excluding carboxylic acids is 1. The Morgan fingerprint density at radius 2 is 2.18 bits per heavy atom. The number of nitrogens with one attached hydrogen (secondary N) is 1. The number of hydrogen-bond donors (Lipinski definition) is 2. The van der Waals surface area contributed by atoms with Crippen molar-refractivity contribution in [1.82, 2.24) is 14.9 Å². The fraction of sp³-hybridized carbons (Fsp3) is 0.526. The third-order valence-electron chi connectivity index (χ3n) is 5.30. The van der Waals surface area contributed by atoms with Crippen LogP contribution >= 0.6 is 23.5 Å². The van der Waals surface area contributed by atoms with Gasteiger partial charge in [-0.1, -0.05) is 11.8 Å². The van der Waals surface area contributed by atoms with Gasteiger partial charge in [0.1, 0.15) is 5.76 Å². The van der Waals surface area contributed by atoms with Crippen LogP contribution in [0.5, 0.6) is 5.75 Å². The second-order valence-corrected chi connectivity index (χ2v) is 9.59. The number of amides is 1. The molecule has 2 aromatic heterocycles. The SMILES string of the molecule is Cc1cc(=O)c(O)c(C2(CC(=O)NCc3cn4c(n3)SCC4)CCSCC2)o1. The lowest BCUT2D eigenvalue weighted by Crippen LogP contribution is -2.38. The van der Waals surface area contributed by atoms with E-state index in [9.17, 15) is 14.7 Å². The summed E-state index contributed by atoms with van der Waals surface area (Å²) in [7, 11) is 0. The second-order valence-electron chi connectivity index (χ2n) is 7.30. The number of rotatable bonds is 5. The van der Waals surface area contributed by atoms with Gasteiger partial charge in [0.2, 0.25) is 17.1 Å². The Morgan fingerprint density at radius 1 is 1.39 bits per heavy atom. The highest BCUT2D eigenvalue weighted by molar-refractivity contribution is 7.99. The normalized spacial score (nSPS) is 18.0. The van der Waals surface area contributed by atoms with Crippen molar-refractivity contribution in [2.24, 2.45) is 0 Å². The van der Waals surface area contributed by atoms with Crippen molar-refractivity contribution in [3.8, 4) is 5.75 Å². The maximum atomic E-state index is 12.8. The maximum absolute atomic E-state index is 12.8. The molecule has 0 atom stereocenters. The van der Waals surface area contributed by atoms with Crippen molar-refractivity contribution in [3.05, 3.63) is 39.7 Å². The molecule has 1 amide bonds. The highest BCUT2D eigenvalue weighted by Gasteiger charge is 2.41. The number of hydrogen-bond acceptors (Lipinski definition) is 7. The first-order chi connectivity index (χ1) is 13.5. The van der Waals surface area contributed by atoms with E-state index in [0.717, 1.165) is 34.7 Å². The van der Waals surface area contributed by atoms with Gasteiger partial charge in [0.15, 0.2) is 10.9 Å². The summed E-state index contributed by atoms with van der Waals surface area (Å²) in [5, 5.41) is 14.3. The van der Waals surface area contributed by atoms with Gasteiger partial charge >= 0.3 is 0 Å². The third kappa shape index (κ3) is 3.82. The standard InChI is InChI=1S/C19H23N3O4S2/c1-12-8-14(23)16(25)17(26-12)19(2-5-27-6-3-19)9-15(24)20-10-13-11-22-4-7-28-18(22)21-13/h8,11,25H,2-7,9-10H2,1H3,(H,20,24). The van der Waals surface area contributed by atoms with Gasteiger partial charge in [-0.15, -0.1) is 0 Å². The Labute approximate surface area is 171 Å². The Kier molecular flexibility index (Phi) is 5.46. The van der Waals surface area contributed by atoms with E-state index in [4.69, 9.17) is 4.42 Å². The van der Waals surface area contributed by atoms with Crippen LogP contribution in [0.15, 0.2) is 26.6 Å². The Morgan fingerprint density at radius 3 is 2.93 bits per heavy atom. The highest BCUT2D eigenvalue weighted by Crippen LogP contribution is 2.44. The fourth-order valence-corrected chi connectivity index (χ4v) is 6.05. The molecule has 0 aromatic carbocycles. The zero-order valence-corrected chi connectivity index (χ0v) is 17.3. The minimum absolute atomic E-state index is 0.128. The summed E-state index contributed by atoms with van der Waals surface area (Å²) < 4.78 is 7.88. The van der Waals surface area contributed by atoms with E-state index < -0.39 is 10.8 Å². The van der Waals surface area contributed by atoms with Gasteiger partial charge in [-0.25, -0.2) is 4.98 Å². The molecule has 9 heteroatoms. The van der Waals surface area contributed by atoms with E-state index in [1.165, 1.54) is 6.07 Å². The van der Waals surface area contributed by atoms with Crippen LogP contribution in [0.3, 0.4) is 0 Å². The van der Waals surface area contributed by atoms with E-state index >= 15 is 0 Å². The largest absolute Gasteiger partial charge is 0.502 e. The molecule has 7 nitrogen and oxygen atoms in total. The maximum Gasteiger partial charge on any atom is 0.227 e. The summed E-state index contributed by atoms with van der Waals surface area (Å²) in [6.07, 6.45) is 3.52. The third-order valence-corrected chi connectivity index (χ3v) is 7.25. The minimum Gasteiger partial charge on any atom is -0.502 e. The zero-order chi connectivity index (χ0) is 19.7. The summed E-state index contributed by atoms with van der Waals surface area (Å²) >= 11 is 3.53. The van der Waals surface area contributed by atoms with Crippen LogP contribution in [0.1, 0.15) is 36.5 Å². The molecule has 0 radical (unpaired) electrons. The molecule has 0 bridgehead atoms. The van der Waals surface area contributed by atoms with Crippen LogP contribution in [0.2, 0.25) is 0 Å². The van der Waals surface area contributed by atoms with Gasteiger partial charge in [0.25, 0.3) is 0 Å². The molecule has 1 fully saturated rings. The van der Waals surface area contributed by atoms with Gasteiger partial charge in [0, 0.05) is 36.4 Å². The van der Waals surface area contributed by atoms with E-state index in [1.807, 2.05) is 18.0 Å². The molecule has 0 spiro atoms. The lowest BCUT2D eigenvalue weighted by molar-refractivity contribution is -0.122. The number of fused-ring (bicyclic) bond motifs is 1. The number of aromatic nitrogens is 2. The molecule has 2 aromatic rings. The van der Waals surface area contributed by atoms with Gasteiger partial charge in [0.05, 0.1) is 12.2 Å². The first-order valence-electron chi connectivity index (χ1n) is 9.34. The second kappa shape index (κ2) is 7.87. The molecule has 0 unspecified atom stereocenters. The summed E-state index contributed by atoms with van der Waals surface area (Å²) in [5.41, 5.74) is -0.272. The van der Waals surface area contributed by atoms with E-state index in [-0.39, 0.29) is 23.8 Å². The van der Waals surface area contributed by atoms with Crippen LogP contribution in [-0.4, -0.2) is 37.8 Å². The number of aryl methyl sites for hydroxylation is 2. The average Bonchev–Trinajstić information content (AvgIpc) is 3.25. The average molecular weight is 422 g/mol. The smallest absolute Gasteiger partial charge is 0.227 e. The number of thioether (sulfide) groups is 2. The molecule has 0 saturated carbocycles. The summed E-state index contributed by atoms with van der Waals surface area (Å²) in [5.74, 6) is 2.96. The van der Waals surface area contributed by atoms with Crippen molar-refractivity contribution in [2.75, 3.05) is 17.3 Å².